The van der Waals surface area contributed by atoms with Crippen LogP contribution in [0.2, 0.25) is 0 Å². The quantitative estimate of drug-likeness (QED) is 0.369. The molecule has 0 unspecified atom stereocenters. The summed E-state index contributed by atoms with van der Waals surface area (Å²) in [6, 6.07) is 16.6. The highest BCUT2D eigenvalue weighted by molar-refractivity contribution is 5.77. The summed E-state index contributed by atoms with van der Waals surface area (Å²) in [6.45, 7) is 6.82. The maximum Gasteiger partial charge on any atom is 0.304 e. The summed E-state index contributed by atoms with van der Waals surface area (Å²) in [5, 5.41) is 9.10. The van der Waals surface area contributed by atoms with Crippen molar-refractivity contribution in [3.05, 3.63) is 76.3 Å². The minimum atomic E-state index is -0.814. The number of hydrogen-bond donors (Lipinski definition) is 1. The number of carboxylic acid groups (broad SMARTS) is 1. The second-order valence-corrected chi connectivity index (χ2v) is 9.41. The van der Waals surface area contributed by atoms with E-state index in [1.165, 1.54) is 27.8 Å². The van der Waals surface area contributed by atoms with Gasteiger partial charge in [0.05, 0.1) is 19.6 Å². The topological polar surface area (TPSA) is 74.2 Å². The molecule has 0 radical (unpaired) electrons. The SMILES string of the molecule is CCOCCOc1cc(C)c2c(c1)CCc1ccc(COc3ccc4c(c3)OC[C@H]4CC(=O)O)cc1-2. The van der Waals surface area contributed by atoms with Gasteiger partial charge in [0.15, 0.2) is 0 Å². The van der Waals surface area contributed by atoms with Gasteiger partial charge in [-0.1, -0.05) is 18.2 Å². The Labute approximate surface area is 211 Å². The lowest BCUT2D eigenvalue weighted by Crippen LogP contribution is -2.09. The van der Waals surface area contributed by atoms with E-state index in [2.05, 4.69) is 37.3 Å². The molecule has 6 nitrogen and oxygen atoms in total. The molecule has 1 aliphatic carbocycles. The average molecular weight is 489 g/mol. The molecule has 1 heterocycles. The molecule has 0 amide bonds. The highest BCUT2D eigenvalue weighted by Gasteiger charge is 2.27. The van der Waals surface area contributed by atoms with Gasteiger partial charge in [0.1, 0.15) is 30.5 Å². The fraction of sp³-hybridized carbons (Fsp3) is 0.367. The van der Waals surface area contributed by atoms with E-state index < -0.39 is 5.97 Å². The number of fused-ring (bicyclic) bond motifs is 4. The van der Waals surface area contributed by atoms with Gasteiger partial charge < -0.3 is 24.1 Å². The van der Waals surface area contributed by atoms with Crippen molar-refractivity contribution in [1.29, 1.82) is 0 Å². The molecular formula is C30H32O6. The maximum absolute atomic E-state index is 11.1. The Morgan fingerprint density at radius 2 is 1.86 bits per heavy atom. The summed E-state index contributed by atoms with van der Waals surface area (Å²) in [5.41, 5.74) is 8.49. The minimum absolute atomic E-state index is 0.0735. The molecule has 6 heteroatoms. The van der Waals surface area contributed by atoms with E-state index in [-0.39, 0.29) is 12.3 Å². The second-order valence-electron chi connectivity index (χ2n) is 9.41. The van der Waals surface area contributed by atoms with Crippen LogP contribution in [0.4, 0.5) is 0 Å². The Hall–Kier alpha value is -3.51. The molecule has 36 heavy (non-hydrogen) atoms. The van der Waals surface area contributed by atoms with Crippen molar-refractivity contribution in [1.82, 2.24) is 0 Å². The highest BCUT2D eigenvalue weighted by atomic mass is 16.5. The number of carboxylic acids is 1. The van der Waals surface area contributed by atoms with Crippen molar-refractivity contribution in [3.8, 4) is 28.4 Å². The fourth-order valence-corrected chi connectivity index (χ4v) is 5.18. The highest BCUT2D eigenvalue weighted by Crippen LogP contribution is 2.40. The molecule has 0 spiro atoms. The largest absolute Gasteiger partial charge is 0.492 e. The van der Waals surface area contributed by atoms with Crippen LogP contribution in [0.1, 0.15) is 47.1 Å². The molecule has 0 fully saturated rings. The first-order valence-electron chi connectivity index (χ1n) is 12.6. The van der Waals surface area contributed by atoms with E-state index in [1.54, 1.807) is 0 Å². The molecule has 1 aliphatic heterocycles. The standard InChI is InChI=1S/C30H32O6/c1-3-33-10-11-34-25-12-19(2)30-22(14-25)7-6-21-5-4-20(13-27(21)30)17-35-24-8-9-26-23(15-29(31)32)18-36-28(26)16-24/h4-5,8-9,12-14,16,23H,3,6-7,10-11,15,17-18H2,1-2H3,(H,31,32)/t23-/m1/s1. The molecule has 0 bridgehead atoms. The van der Waals surface area contributed by atoms with Crippen LogP contribution in [0.5, 0.6) is 17.2 Å². The van der Waals surface area contributed by atoms with E-state index in [9.17, 15) is 4.79 Å². The van der Waals surface area contributed by atoms with Crippen molar-refractivity contribution < 1.29 is 28.8 Å². The number of carbonyl (C=O) groups is 1. The third-order valence-electron chi connectivity index (χ3n) is 6.89. The molecule has 3 aromatic carbocycles. The monoisotopic (exact) mass is 488 g/mol. The minimum Gasteiger partial charge on any atom is -0.492 e. The first-order chi connectivity index (χ1) is 17.5. The van der Waals surface area contributed by atoms with Crippen LogP contribution in [-0.4, -0.2) is 37.5 Å². The van der Waals surface area contributed by atoms with Crippen LogP contribution in [-0.2, 0) is 29.0 Å². The number of benzene rings is 3. The van der Waals surface area contributed by atoms with E-state index >= 15 is 0 Å². The lowest BCUT2D eigenvalue weighted by molar-refractivity contribution is -0.137. The van der Waals surface area contributed by atoms with Gasteiger partial charge in [-0.05, 0) is 84.3 Å². The zero-order valence-corrected chi connectivity index (χ0v) is 20.8. The Morgan fingerprint density at radius 1 is 1.00 bits per heavy atom. The van der Waals surface area contributed by atoms with Gasteiger partial charge in [-0.15, -0.1) is 0 Å². The molecule has 2 aliphatic rings. The van der Waals surface area contributed by atoms with Crippen LogP contribution in [0, 0.1) is 6.92 Å². The van der Waals surface area contributed by atoms with Gasteiger partial charge in [-0.2, -0.15) is 0 Å². The van der Waals surface area contributed by atoms with Crippen LogP contribution < -0.4 is 14.2 Å². The summed E-state index contributed by atoms with van der Waals surface area (Å²) >= 11 is 0. The molecule has 188 valence electrons. The lowest BCUT2D eigenvalue weighted by Gasteiger charge is -2.24. The number of aryl methyl sites for hydroxylation is 3. The summed E-state index contributed by atoms with van der Waals surface area (Å²) in [7, 11) is 0. The van der Waals surface area contributed by atoms with E-state index in [4.69, 9.17) is 24.1 Å². The number of hydrogen-bond acceptors (Lipinski definition) is 5. The van der Waals surface area contributed by atoms with Crippen molar-refractivity contribution in [2.45, 2.75) is 45.6 Å². The van der Waals surface area contributed by atoms with Gasteiger partial charge in [-0.25, -0.2) is 0 Å². The van der Waals surface area contributed by atoms with Crippen LogP contribution >= 0.6 is 0 Å². The van der Waals surface area contributed by atoms with E-state index in [0.717, 1.165) is 29.7 Å². The van der Waals surface area contributed by atoms with E-state index in [0.29, 0.717) is 44.5 Å². The lowest BCUT2D eigenvalue weighted by atomic mass is 9.82. The molecule has 1 N–H and O–H groups in total. The number of aliphatic carboxylic acids is 1. The normalized spacial score (nSPS) is 15.4. The Balaban J connectivity index is 1.30. The molecule has 0 saturated carbocycles. The van der Waals surface area contributed by atoms with Crippen LogP contribution in [0.3, 0.4) is 0 Å². The van der Waals surface area contributed by atoms with Crippen molar-refractivity contribution in [3.63, 3.8) is 0 Å². The first-order valence-corrected chi connectivity index (χ1v) is 12.6. The molecule has 5 rings (SSSR count). The zero-order chi connectivity index (χ0) is 25.1. The summed E-state index contributed by atoms with van der Waals surface area (Å²) < 4.78 is 23.1. The molecule has 0 saturated heterocycles. The van der Waals surface area contributed by atoms with Gasteiger partial charge in [0.25, 0.3) is 0 Å². The Morgan fingerprint density at radius 3 is 2.69 bits per heavy atom. The predicted molar refractivity (Wildman–Crippen MR) is 137 cm³/mol. The summed E-state index contributed by atoms with van der Waals surface area (Å²) in [4.78, 5) is 11.1. The Kier molecular flexibility index (Phi) is 7.14. The van der Waals surface area contributed by atoms with Gasteiger partial charge in [0, 0.05) is 24.2 Å². The molecular weight excluding hydrogens is 456 g/mol. The van der Waals surface area contributed by atoms with Crippen LogP contribution in [0.25, 0.3) is 11.1 Å². The molecule has 3 aromatic rings. The van der Waals surface area contributed by atoms with E-state index in [1.807, 2.05) is 25.1 Å². The predicted octanol–water partition coefficient (Wildman–Crippen LogP) is 5.71. The maximum atomic E-state index is 11.1. The second kappa shape index (κ2) is 10.6. The summed E-state index contributed by atoms with van der Waals surface area (Å²) in [6.07, 6.45) is 2.08. The van der Waals surface area contributed by atoms with Crippen LogP contribution in [0.15, 0.2) is 48.5 Å². The van der Waals surface area contributed by atoms with Gasteiger partial charge in [0.2, 0.25) is 0 Å². The Bertz CT molecular complexity index is 1260. The molecule has 1 atom stereocenters. The number of ether oxygens (including phenoxy) is 4. The number of rotatable bonds is 10. The van der Waals surface area contributed by atoms with Gasteiger partial charge in [-0.3, -0.25) is 4.79 Å². The van der Waals surface area contributed by atoms with Crippen molar-refractivity contribution in [2.24, 2.45) is 0 Å². The average Bonchev–Trinajstić information content (AvgIpc) is 3.26. The zero-order valence-electron chi connectivity index (χ0n) is 20.8. The van der Waals surface area contributed by atoms with Crippen molar-refractivity contribution in [2.75, 3.05) is 26.4 Å². The smallest absolute Gasteiger partial charge is 0.304 e. The third-order valence-corrected chi connectivity index (χ3v) is 6.89. The third kappa shape index (κ3) is 5.19. The summed E-state index contributed by atoms with van der Waals surface area (Å²) in [5.74, 6) is 1.41. The first kappa shape index (κ1) is 24.2. The van der Waals surface area contributed by atoms with Crippen molar-refractivity contribution >= 4 is 5.97 Å². The van der Waals surface area contributed by atoms with Gasteiger partial charge >= 0.3 is 5.97 Å². The molecule has 0 aromatic heterocycles. The fourth-order valence-electron chi connectivity index (χ4n) is 5.18.